The molecule has 15 heteroatoms. The molecule has 9 unspecified atom stereocenters. The lowest BCUT2D eigenvalue weighted by molar-refractivity contribution is -0.160. The van der Waals surface area contributed by atoms with Crippen LogP contribution >= 0.6 is 0 Å². The van der Waals surface area contributed by atoms with Crippen LogP contribution in [0.25, 0.3) is 10.8 Å². The second-order valence-corrected chi connectivity index (χ2v) is 14.0. The number of rotatable bonds is 4. The summed E-state index contributed by atoms with van der Waals surface area (Å²) in [7, 11) is 2.66. The Balaban J connectivity index is 1.96. The number of amides is 1. The number of phenolic OH excluding ortho intramolecular Hbond substituents is 3. The first kappa shape index (κ1) is 41.6. The van der Waals surface area contributed by atoms with Gasteiger partial charge in [-0.1, -0.05) is 51.1 Å². The molecule has 0 saturated heterocycles. The average Bonchev–Trinajstić information content (AvgIpc) is 3.39. The number of hydrogen-bond acceptors (Lipinski definition) is 14. The minimum atomic E-state index is -2.05. The number of aliphatic hydroxyl groups is 2. The van der Waals surface area contributed by atoms with Crippen molar-refractivity contribution in [1.82, 2.24) is 0 Å². The Morgan fingerprint density at radius 2 is 1.61 bits per heavy atom. The molecule has 54 heavy (non-hydrogen) atoms. The van der Waals surface area contributed by atoms with Gasteiger partial charge in [-0.05, 0) is 19.9 Å². The molecule has 9 atom stereocenters. The molecule has 3 aliphatic rings. The lowest BCUT2D eigenvalue weighted by Crippen LogP contribution is -2.46. The lowest BCUT2D eigenvalue weighted by atomic mass is 9.78. The Bertz CT molecular complexity index is 1920. The third-order valence-electron chi connectivity index (χ3n) is 10.3. The van der Waals surface area contributed by atoms with Gasteiger partial charge in [0.25, 0.3) is 11.7 Å². The number of hydrogen-bond donors (Lipinski definition) is 6. The van der Waals surface area contributed by atoms with E-state index in [9.17, 15) is 39.9 Å². The van der Waals surface area contributed by atoms with E-state index in [4.69, 9.17) is 23.8 Å². The van der Waals surface area contributed by atoms with Crippen LogP contribution in [0.3, 0.4) is 0 Å². The summed E-state index contributed by atoms with van der Waals surface area (Å²) in [6.07, 6.45) is 4.44. The van der Waals surface area contributed by atoms with E-state index in [0.29, 0.717) is 0 Å². The molecule has 0 saturated carbocycles. The number of ketones is 1. The van der Waals surface area contributed by atoms with Gasteiger partial charge in [0.2, 0.25) is 0 Å². The Hall–Kier alpha value is -5.12. The average molecular weight is 755 g/mol. The molecular formula is C39H50N2O13. The van der Waals surface area contributed by atoms with Crippen LogP contribution < -0.4 is 10.1 Å². The molecule has 0 spiro atoms. The molecule has 0 aromatic heterocycles. The number of carbonyl (C=O) groups excluding carboxylic acids is 3. The van der Waals surface area contributed by atoms with E-state index in [2.05, 4.69) is 10.5 Å². The van der Waals surface area contributed by atoms with Crippen molar-refractivity contribution in [2.24, 2.45) is 28.8 Å². The van der Waals surface area contributed by atoms with Crippen molar-refractivity contribution in [3.05, 3.63) is 52.8 Å². The van der Waals surface area contributed by atoms with Gasteiger partial charge in [-0.3, -0.25) is 14.4 Å². The zero-order valence-electron chi connectivity index (χ0n) is 32.0. The molecule has 15 nitrogen and oxygen atoms in total. The Morgan fingerprint density at radius 3 is 2.22 bits per heavy atom. The van der Waals surface area contributed by atoms with Crippen LogP contribution in [-0.2, 0) is 28.6 Å². The quantitative estimate of drug-likeness (QED) is 0.0818. The fourth-order valence-electron chi connectivity index (χ4n) is 6.98. The summed E-state index contributed by atoms with van der Waals surface area (Å²) in [5, 5.41) is 63.0. The predicted octanol–water partition coefficient (Wildman–Crippen LogP) is 4.73. The van der Waals surface area contributed by atoms with Crippen LogP contribution in [0.15, 0.2) is 41.3 Å². The molecule has 294 valence electrons. The van der Waals surface area contributed by atoms with Crippen molar-refractivity contribution in [3.8, 4) is 23.0 Å². The summed E-state index contributed by atoms with van der Waals surface area (Å²) in [5.41, 5.74) is -0.636. The second kappa shape index (κ2) is 16.5. The minimum absolute atomic E-state index is 0.0323. The number of allylic oxidation sites excluding steroid dienone is 2. The number of aliphatic hydroxyl groups excluding tert-OH is 2. The molecule has 0 fully saturated rings. The number of esters is 1. The van der Waals surface area contributed by atoms with Crippen LogP contribution in [0.1, 0.15) is 70.0 Å². The first-order valence-corrected chi connectivity index (χ1v) is 17.5. The number of benzene rings is 2. The van der Waals surface area contributed by atoms with Crippen LogP contribution in [-0.4, -0.2) is 93.8 Å². The monoisotopic (exact) mass is 754 g/mol. The van der Waals surface area contributed by atoms with Crippen molar-refractivity contribution in [1.29, 1.82) is 0 Å². The topological polar surface area (TPSA) is 223 Å². The van der Waals surface area contributed by atoms with Crippen molar-refractivity contribution < 1.29 is 63.7 Å². The van der Waals surface area contributed by atoms with E-state index in [-0.39, 0.29) is 44.5 Å². The maximum Gasteiger partial charge on any atom is 0.312 e. The number of nitrogens with one attached hydrogen (secondary N) is 1. The highest BCUT2D eigenvalue weighted by molar-refractivity contribution is 6.23. The van der Waals surface area contributed by atoms with E-state index in [1.807, 2.05) is 0 Å². The maximum absolute atomic E-state index is 14.2. The zero-order valence-corrected chi connectivity index (χ0v) is 32.0. The van der Waals surface area contributed by atoms with Gasteiger partial charge < -0.3 is 54.6 Å². The highest BCUT2D eigenvalue weighted by Gasteiger charge is 2.50. The third kappa shape index (κ3) is 7.74. The van der Waals surface area contributed by atoms with Gasteiger partial charge in [-0.15, -0.1) is 0 Å². The summed E-state index contributed by atoms with van der Waals surface area (Å²) in [4.78, 5) is 44.7. The van der Waals surface area contributed by atoms with Crippen molar-refractivity contribution in [2.45, 2.75) is 85.6 Å². The van der Waals surface area contributed by atoms with E-state index in [1.54, 1.807) is 39.8 Å². The normalized spacial score (nSPS) is 31.7. The number of aromatic hydroxyl groups is 3. The molecule has 5 rings (SSSR count). The van der Waals surface area contributed by atoms with Crippen molar-refractivity contribution in [2.75, 3.05) is 19.5 Å². The third-order valence-corrected chi connectivity index (χ3v) is 10.3. The molecule has 1 amide bonds. The van der Waals surface area contributed by atoms with E-state index in [0.717, 1.165) is 6.21 Å². The Morgan fingerprint density at radius 1 is 0.944 bits per heavy atom. The van der Waals surface area contributed by atoms with E-state index >= 15 is 0 Å². The number of methoxy groups -OCH3 is 1. The number of anilines is 1. The lowest BCUT2D eigenvalue weighted by Gasteiger charge is -2.38. The number of fused-ring (bicyclic) bond motifs is 14. The molecule has 2 aromatic rings. The van der Waals surface area contributed by atoms with Crippen LogP contribution in [0.5, 0.6) is 23.0 Å². The molecule has 5 bridgehead atoms. The first-order chi connectivity index (χ1) is 25.3. The molecule has 2 aromatic carbocycles. The van der Waals surface area contributed by atoms with Crippen LogP contribution in [0.2, 0.25) is 0 Å². The second-order valence-electron chi connectivity index (χ2n) is 14.0. The fraction of sp³-hybridized carbons (Fsp3) is 0.487. The van der Waals surface area contributed by atoms with Gasteiger partial charge >= 0.3 is 11.8 Å². The van der Waals surface area contributed by atoms with Gasteiger partial charge in [0, 0.05) is 61.2 Å². The van der Waals surface area contributed by atoms with Gasteiger partial charge in [0.15, 0.2) is 5.75 Å². The molecule has 0 aliphatic carbocycles. The fourth-order valence-corrected chi connectivity index (χ4v) is 6.98. The van der Waals surface area contributed by atoms with Crippen LogP contribution in [0, 0.1) is 30.6 Å². The van der Waals surface area contributed by atoms with Crippen molar-refractivity contribution >= 4 is 40.3 Å². The van der Waals surface area contributed by atoms with E-state index < -0.39 is 88.8 Å². The molecular weight excluding hydrogens is 704 g/mol. The predicted molar refractivity (Wildman–Crippen MR) is 198 cm³/mol. The first-order valence-electron chi connectivity index (χ1n) is 17.5. The number of oxime groups is 1. The minimum Gasteiger partial charge on any atom is -0.507 e. The summed E-state index contributed by atoms with van der Waals surface area (Å²) in [5.74, 6) is -8.63. The van der Waals surface area contributed by atoms with Gasteiger partial charge in [-0.2, -0.15) is 0 Å². The SMILES string of the molecule is CO/N=C/c1c2c(O)c3c(O)c(C)c4c(c3c1O)C(=O)C(C)(O/C=C/C(OC)C(C)C(OC(C)=O)C(C)C(O)C(C)C(O)C(C)/C=C/C=C(\C)C(=O)N2)O4. The zero-order chi connectivity index (χ0) is 40.4. The highest BCUT2D eigenvalue weighted by atomic mass is 16.7. The standard InChI is InChI=1S/C39H50N2O13/c1-17-12-11-13-18(2)38(49)41-29-24(16-40-51-10)33(46)26-27(34(29)47)32(45)22(6)36-28(26)37(48)39(8,54-36)52-15-14-25(50-9)19(3)35(53-23(7)42)21(5)31(44)20(4)30(17)43/h11-17,19-21,25,30-31,35,43-47H,1-10H3,(H,41,49)/b12-11+,15-14+,18-13+,40-16+. The molecule has 0 radical (unpaired) electrons. The maximum atomic E-state index is 14.2. The van der Waals surface area contributed by atoms with Crippen molar-refractivity contribution in [3.63, 3.8) is 0 Å². The number of Topliss-reactive ketones (excluding diaryl/α,β-unsaturated/α-hetero) is 1. The molecule has 6 N–H and O–H groups in total. The number of carbonyl (C=O) groups is 3. The molecule has 3 aliphatic heterocycles. The summed E-state index contributed by atoms with van der Waals surface area (Å²) < 4.78 is 23.3. The number of ether oxygens (including phenoxy) is 4. The Kier molecular flexibility index (Phi) is 12.7. The van der Waals surface area contributed by atoms with Gasteiger partial charge in [0.05, 0.1) is 53.0 Å². The highest BCUT2D eigenvalue weighted by Crippen LogP contribution is 2.55. The number of phenols is 3. The van der Waals surface area contributed by atoms with Gasteiger partial charge in [-0.25, -0.2) is 0 Å². The summed E-state index contributed by atoms with van der Waals surface area (Å²) in [6, 6.07) is 0. The largest absolute Gasteiger partial charge is 0.507 e. The summed E-state index contributed by atoms with van der Waals surface area (Å²) in [6.45, 7) is 12.4. The summed E-state index contributed by atoms with van der Waals surface area (Å²) >= 11 is 0. The molecule has 3 heterocycles. The Labute approximate surface area is 313 Å². The van der Waals surface area contributed by atoms with Crippen LogP contribution in [0.4, 0.5) is 5.69 Å². The smallest absolute Gasteiger partial charge is 0.312 e. The van der Waals surface area contributed by atoms with E-state index in [1.165, 1.54) is 60.3 Å². The van der Waals surface area contributed by atoms with Gasteiger partial charge in [0.1, 0.15) is 30.5 Å². The number of nitrogens with zero attached hydrogens (tertiary/aromatic N) is 1.